The zero-order chi connectivity index (χ0) is 11.2. The number of thiophene rings is 1. The number of aromatic nitrogens is 1. The summed E-state index contributed by atoms with van der Waals surface area (Å²) in [5.41, 5.74) is 7.48. The van der Waals surface area contributed by atoms with Gasteiger partial charge in [0.15, 0.2) is 0 Å². The summed E-state index contributed by atoms with van der Waals surface area (Å²) in [7, 11) is 0. The van der Waals surface area contributed by atoms with E-state index in [1.807, 2.05) is 23.6 Å². The maximum absolute atomic E-state index is 5.55. The van der Waals surface area contributed by atoms with E-state index in [1.165, 1.54) is 4.88 Å². The van der Waals surface area contributed by atoms with Gasteiger partial charge >= 0.3 is 0 Å². The number of hydrogen-bond donors (Lipinski definition) is 1. The molecule has 0 amide bonds. The first-order valence-corrected chi connectivity index (χ1v) is 6.00. The molecule has 0 saturated carbocycles. The molecule has 0 aromatic carbocycles. The summed E-state index contributed by atoms with van der Waals surface area (Å²) >= 11 is 1.70. The van der Waals surface area contributed by atoms with Crippen molar-refractivity contribution in [2.45, 2.75) is 19.8 Å². The SMILES string of the molecule is NCc1ccc(COCc2cccs2)nc1. The molecule has 4 heteroatoms. The van der Waals surface area contributed by atoms with Crippen LogP contribution in [-0.2, 0) is 24.5 Å². The molecule has 2 aromatic heterocycles. The zero-order valence-electron chi connectivity index (χ0n) is 8.93. The molecule has 0 spiro atoms. The number of nitrogens with two attached hydrogens (primary N) is 1. The number of nitrogens with zero attached hydrogens (tertiary/aromatic N) is 1. The van der Waals surface area contributed by atoms with E-state index < -0.39 is 0 Å². The molecule has 84 valence electrons. The van der Waals surface area contributed by atoms with Gasteiger partial charge in [0.05, 0.1) is 18.9 Å². The monoisotopic (exact) mass is 234 g/mol. The van der Waals surface area contributed by atoms with Gasteiger partial charge in [-0.15, -0.1) is 11.3 Å². The van der Waals surface area contributed by atoms with E-state index in [2.05, 4.69) is 11.1 Å². The van der Waals surface area contributed by atoms with Gasteiger partial charge < -0.3 is 10.5 Å². The highest BCUT2D eigenvalue weighted by Gasteiger charge is 1.97. The molecule has 0 radical (unpaired) electrons. The van der Waals surface area contributed by atoms with Crippen LogP contribution in [0.4, 0.5) is 0 Å². The molecule has 3 nitrogen and oxygen atoms in total. The molecular formula is C12H14N2OS. The first-order valence-electron chi connectivity index (χ1n) is 5.12. The lowest BCUT2D eigenvalue weighted by Gasteiger charge is -2.03. The number of rotatable bonds is 5. The molecule has 0 aliphatic rings. The predicted molar refractivity (Wildman–Crippen MR) is 64.9 cm³/mol. The van der Waals surface area contributed by atoms with Crippen molar-refractivity contribution in [1.82, 2.24) is 4.98 Å². The first-order chi connectivity index (χ1) is 7.88. The van der Waals surface area contributed by atoms with Gasteiger partial charge in [0.1, 0.15) is 0 Å². The lowest BCUT2D eigenvalue weighted by atomic mass is 10.2. The first kappa shape index (κ1) is 11.3. The number of hydrogen-bond acceptors (Lipinski definition) is 4. The molecule has 2 rings (SSSR count). The molecule has 2 N–H and O–H groups in total. The van der Waals surface area contributed by atoms with E-state index in [4.69, 9.17) is 10.5 Å². The van der Waals surface area contributed by atoms with Crippen molar-refractivity contribution >= 4 is 11.3 Å². The second-order valence-electron chi connectivity index (χ2n) is 3.43. The van der Waals surface area contributed by atoms with Gasteiger partial charge in [0.25, 0.3) is 0 Å². The topological polar surface area (TPSA) is 48.1 Å². The fourth-order valence-corrected chi connectivity index (χ4v) is 1.95. The normalized spacial score (nSPS) is 10.6. The highest BCUT2D eigenvalue weighted by molar-refractivity contribution is 7.09. The molecule has 0 atom stereocenters. The highest BCUT2D eigenvalue weighted by atomic mass is 32.1. The summed E-state index contributed by atoms with van der Waals surface area (Å²) in [6.45, 7) is 1.73. The summed E-state index contributed by atoms with van der Waals surface area (Å²) in [6.07, 6.45) is 1.80. The Morgan fingerprint density at radius 3 is 2.81 bits per heavy atom. The minimum atomic E-state index is 0.531. The maximum Gasteiger partial charge on any atom is 0.0892 e. The average molecular weight is 234 g/mol. The molecule has 0 aliphatic carbocycles. The van der Waals surface area contributed by atoms with E-state index >= 15 is 0 Å². The molecule has 2 aromatic rings. The number of ether oxygens (including phenoxy) is 1. The lowest BCUT2D eigenvalue weighted by Crippen LogP contribution is -1.99. The van der Waals surface area contributed by atoms with E-state index in [0.717, 1.165) is 11.3 Å². The number of pyridine rings is 1. The smallest absolute Gasteiger partial charge is 0.0892 e. The summed E-state index contributed by atoms with van der Waals surface area (Å²) in [4.78, 5) is 5.50. The van der Waals surface area contributed by atoms with Crippen LogP contribution in [0.5, 0.6) is 0 Å². The second kappa shape index (κ2) is 5.75. The Balaban J connectivity index is 1.81. The van der Waals surface area contributed by atoms with Crippen molar-refractivity contribution < 1.29 is 4.74 Å². The van der Waals surface area contributed by atoms with E-state index in [1.54, 1.807) is 17.5 Å². The van der Waals surface area contributed by atoms with Crippen molar-refractivity contribution in [3.05, 3.63) is 52.0 Å². The van der Waals surface area contributed by atoms with Crippen molar-refractivity contribution in [3.8, 4) is 0 Å². The maximum atomic E-state index is 5.55. The second-order valence-corrected chi connectivity index (χ2v) is 4.47. The van der Waals surface area contributed by atoms with Crippen LogP contribution in [0.15, 0.2) is 35.8 Å². The Hall–Kier alpha value is -1.23. The van der Waals surface area contributed by atoms with Crippen LogP contribution < -0.4 is 5.73 Å². The van der Waals surface area contributed by atoms with Crippen LogP contribution in [0.2, 0.25) is 0 Å². The van der Waals surface area contributed by atoms with Gasteiger partial charge in [-0.05, 0) is 23.1 Å². The van der Waals surface area contributed by atoms with Crippen LogP contribution in [-0.4, -0.2) is 4.98 Å². The molecule has 16 heavy (non-hydrogen) atoms. The molecule has 0 bridgehead atoms. The fourth-order valence-electron chi connectivity index (χ4n) is 1.31. The minimum absolute atomic E-state index is 0.531. The molecule has 0 saturated heterocycles. The van der Waals surface area contributed by atoms with Crippen LogP contribution in [0.25, 0.3) is 0 Å². The lowest BCUT2D eigenvalue weighted by molar-refractivity contribution is 0.106. The predicted octanol–water partition coefficient (Wildman–Crippen LogP) is 2.32. The summed E-state index contributed by atoms with van der Waals surface area (Å²) in [6, 6.07) is 8.03. The van der Waals surface area contributed by atoms with Crippen LogP contribution in [0.3, 0.4) is 0 Å². The third-order valence-corrected chi connectivity index (χ3v) is 3.05. The Morgan fingerprint density at radius 2 is 2.19 bits per heavy atom. The third kappa shape index (κ3) is 3.13. The molecule has 0 aliphatic heterocycles. The zero-order valence-corrected chi connectivity index (χ0v) is 9.74. The van der Waals surface area contributed by atoms with Crippen molar-refractivity contribution in [1.29, 1.82) is 0 Å². The van der Waals surface area contributed by atoms with Crippen molar-refractivity contribution in [2.24, 2.45) is 5.73 Å². The van der Waals surface area contributed by atoms with Gasteiger partial charge in [0, 0.05) is 17.6 Å². The minimum Gasteiger partial charge on any atom is -0.370 e. The Bertz CT molecular complexity index is 411. The van der Waals surface area contributed by atoms with E-state index in [0.29, 0.717) is 19.8 Å². The molecule has 0 unspecified atom stereocenters. The summed E-state index contributed by atoms with van der Waals surface area (Å²) in [5.74, 6) is 0. The van der Waals surface area contributed by atoms with Gasteiger partial charge in [-0.1, -0.05) is 12.1 Å². The van der Waals surface area contributed by atoms with Gasteiger partial charge in [0.2, 0.25) is 0 Å². The van der Waals surface area contributed by atoms with E-state index in [-0.39, 0.29) is 0 Å². The van der Waals surface area contributed by atoms with Gasteiger partial charge in [-0.3, -0.25) is 4.98 Å². The third-order valence-electron chi connectivity index (χ3n) is 2.20. The average Bonchev–Trinajstić information content (AvgIpc) is 2.83. The molecule has 0 fully saturated rings. The fraction of sp³-hybridized carbons (Fsp3) is 0.250. The summed E-state index contributed by atoms with van der Waals surface area (Å²) < 4.78 is 5.55. The summed E-state index contributed by atoms with van der Waals surface area (Å²) in [5, 5.41) is 2.05. The van der Waals surface area contributed by atoms with Crippen LogP contribution >= 0.6 is 11.3 Å². The Morgan fingerprint density at radius 1 is 1.25 bits per heavy atom. The van der Waals surface area contributed by atoms with Gasteiger partial charge in [-0.25, -0.2) is 0 Å². The van der Waals surface area contributed by atoms with E-state index in [9.17, 15) is 0 Å². The van der Waals surface area contributed by atoms with Crippen molar-refractivity contribution in [2.75, 3.05) is 0 Å². The van der Waals surface area contributed by atoms with Gasteiger partial charge in [-0.2, -0.15) is 0 Å². The van der Waals surface area contributed by atoms with Crippen LogP contribution in [0, 0.1) is 0 Å². The standard InChI is InChI=1S/C12H14N2OS/c13-6-10-3-4-11(14-7-10)8-15-9-12-2-1-5-16-12/h1-5,7H,6,8-9,13H2. The quantitative estimate of drug-likeness (QED) is 0.863. The largest absolute Gasteiger partial charge is 0.370 e. The van der Waals surface area contributed by atoms with Crippen molar-refractivity contribution in [3.63, 3.8) is 0 Å². The Kier molecular flexibility index (Phi) is 4.04. The molecule has 2 heterocycles. The Labute approximate surface area is 98.9 Å². The highest BCUT2D eigenvalue weighted by Crippen LogP contribution is 2.10. The van der Waals surface area contributed by atoms with Crippen LogP contribution in [0.1, 0.15) is 16.1 Å². The molecular weight excluding hydrogens is 220 g/mol.